The van der Waals surface area contributed by atoms with Gasteiger partial charge in [-0.2, -0.15) is 0 Å². The van der Waals surface area contributed by atoms with Crippen LogP contribution < -0.4 is 0 Å². The summed E-state index contributed by atoms with van der Waals surface area (Å²) >= 11 is 0. The topological polar surface area (TPSA) is 66.8 Å². The van der Waals surface area contributed by atoms with E-state index in [4.69, 9.17) is 4.74 Å². The molecule has 5 heteroatoms. The van der Waals surface area contributed by atoms with Crippen molar-refractivity contribution >= 4 is 11.9 Å². The van der Waals surface area contributed by atoms with E-state index >= 15 is 0 Å². The molecular formula is C33H53NO4. The molecule has 4 saturated carbocycles. The molecule has 5 fully saturated rings. The van der Waals surface area contributed by atoms with Crippen LogP contribution >= 0.6 is 0 Å². The van der Waals surface area contributed by atoms with Crippen molar-refractivity contribution in [1.29, 1.82) is 0 Å². The number of esters is 1. The monoisotopic (exact) mass is 527 g/mol. The molecule has 4 aliphatic carbocycles. The van der Waals surface area contributed by atoms with E-state index in [1.54, 1.807) is 0 Å². The second kappa shape index (κ2) is 12.9. The Morgan fingerprint density at radius 3 is 1.95 bits per heavy atom. The van der Waals surface area contributed by atoms with Gasteiger partial charge in [0.15, 0.2) is 0 Å². The van der Waals surface area contributed by atoms with Crippen LogP contribution in [0, 0.1) is 35.5 Å². The quantitative estimate of drug-likeness (QED) is 0.203. The van der Waals surface area contributed by atoms with E-state index in [1.807, 2.05) is 0 Å². The van der Waals surface area contributed by atoms with Gasteiger partial charge in [0.1, 0.15) is 0 Å². The molecule has 1 aliphatic heterocycles. The van der Waals surface area contributed by atoms with Crippen LogP contribution in [0.1, 0.15) is 122 Å². The number of rotatable bonds is 9. The molecule has 5 aliphatic rings. The van der Waals surface area contributed by atoms with Gasteiger partial charge in [-0.3, -0.25) is 4.79 Å². The summed E-state index contributed by atoms with van der Waals surface area (Å²) in [5, 5.41) is 13.1. The highest BCUT2D eigenvalue weighted by molar-refractivity contribution is 5.81. The number of likely N-dealkylation sites (tertiary alicyclic amines) is 1. The van der Waals surface area contributed by atoms with Crippen LogP contribution in [0.3, 0.4) is 0 Å². The summed E-state index contributed by atoms with van der Waals surface area (Å²) in [7, 11) is 0. The largest absolute Gasteiger partial charge is 0.463 e. The average Bonchev–Trinajstić information content (AvgIpc) is 3.46. The first-order chi connectivity index (χ1) is 18.5. The second-order valence-corrected chi connectivity index (χ2v) is 13.6. The van der Waals surface area contributed by atoms with Crippen LogP contribution in [0.25, 0.3) is 0 Å². The minimum Gasteiger partial charge on any atom is -0.463 e. The van der Waals surface area contributed by atoms with E-state index in [1.165, 1.54) is 83.1 Å². The van der Waals surface area contributed by atoms with Crippen molar-refractivity contribution < 1.29 is 19.4 Å². The van der Waals surface area contributed by atoms with Gasteiger partial charge in [-0.1, -0.05) is 57.9 Å². The van der Waals surface area contributed by atoms with Crippen LogP contribution in [0.5, 0.6) is 0 Å². The van der Waals surface area contributed by atoms with Gasteiger partial charge >= 0.3 is 5.97 Å². The van der Waals surface area contributed by atoms with Gasteiger partial charge in [-0.15, -0.1) is 0 Å². The van der Waals surface area contributed by atoms with Crippen molar-refractivity contribution in [2.75, 3.05) is 13.2 Å². The maximum Gasteiger partial charge on any atom is 0.330 e. The summed E-state index contributed by atoms with van der Waals surface area (Å²) in [5.74, 6) is 3.77. The number of nitrogens with zero attached hydrogens (tertiary/aromatic N) is 1. The van der Waals surface area contributed by atoms with Crippen molar-refractivity contribution in [3.8, 4) is 0 Å². The summed E-state index contributed by atoms with van der Waals surface area (Å²) < 4.78 is 5.10. The molecule has 5 rings (SSSR count). The van der Waals surface area contributed by atoms with E-state index in [9.17, 15) is 14.7 Å². The third kappa shape index (κ3) is 6.03. The van der Waals surface area contributed by atoms with E-state index in [-0.39, 0.29) is 11.9 Å². The molecule has 38 heavy (non-hydrogen) atoms. The summed E-state index contributed by atoms with van der Waals surface area (Å²) in [5.41, 5.74) is -0.740. The molecule has 0 bridgehead atoms. The Bertz CT molecular complexity index is 792. The number of hydrogen-bond acceptors (Lipinski definition) is 4. The third-order valence-corrected chi connectivity index (χ3v) is 11.7. The predicted molar refractivity (Wildman–Crippen MR) is 150 cm³/mol. The molecule has 1 N–H and O–H groups in total. The maximum atomic E-state index is 13.6. The molecule has 1 amide bonds. The number of fused-ring (bicyclic) bond motifs is 2. The Hall–Kier alpha value is -1.36. The summed E-state index contributed by atoms with van der Waals surface area (Å²) in [6.07, 6.45) is 23.2. The van der Waals surface area contributed by atoms with Crippen LogP contribution in [0.15, 0.2) is 12.7 Å². The van der Waals surface area contributed by atoms with Crippen LogP contribution in [-0.4, -0.2) is 46.7 Å². The molecule has 0 aromatic rings. The highest BCUT2D eigenvalue weighted by Gasteiger charge is 2.56. The van der Waals surface area contributed by atoms with Crippen LogP contribution in [0.2, 0.25) is 0 Å². The lowest BCUT2D eigenvalue weighted by molar-refractivity contribution is -0.166. The number of carbonyl (C=O) groups is 2. The minimum atomic E-state index is -0.740. The molecular weight excluding hydrogens is 474 g/mol. The van der Waals surface area contributed by atoms with E-state index in [0.29, 0.717) is 37.7 Å². The number of hydrogen-bond donors (Lipinski definition) is 1. The average molecular weight is 528 g/mol. The third-order valence-electron chi connectivity index (χ3n) is 11.7. The van der Waals surface area contributed by atoms with Gasteiger partial charge in [0, 0.05) is 19.0 Å². The zero-order valence-corrected chi connectivity index (χ0v) is 23.8. The molecule has 5 nitrogen and oxygen atoms in total. The molecule has 1 saturated heterocycles. The number of amides is 1. The van der Waals surface area contributed by atoms with E-state index < -0.39 is 11.6 Å². The number of aliphatic hydroxyl groups is 1. The standard InChI is InChI=1S/C33H53NO4/c1-2-32(36)38-21-8-7-15-31(35)34-20-9-14-30(34)33(37,28-18-16-24-10-3-5-12-26(24)22-28)29-19-17-25-11-4-6-13-27(25)23-29/h2,24-30,37H,1,3-23H2/t24?,25?,26?,27?,28?,29?,30-,33?/m0/s1. The fraction of sp³-hybridized carbons (Fsp3) is 0.879. The van der Waals surface area contributed by atoms with Gasteiger partial charge in [0.05, 0.1) is 18.2 Å². The molecule has 0 spiro atoms. The summed E-state index contributed by atoms with van der Waals surface area (Å²) in [6.45, 7) is 4.55. The zero-order chi connectivity index (χ0) is 26.5. The Kier molecular flexibility index (Phi) is 9.55. The summed E-state index contributed by atoms with van der Waals surface area (Å²) in [6, 6.07) is -0.0242. The van der Waals surface area contributed by atoms with Crippen LogP contribution in [0.4, 0.5) is 0 Å². The first-order valence-electron chi connectivity index (χ1n) is 16.3. The summed E-state index contributed by atoms with van der Waals surface area (Å²) in [4.78, 5) is 27.0. The Labute approximate surface area is 231 Å². The Morgan fingerprint density at radius 2 is 1.37 bits per heavy atom. The SMILES string of the molecule is C=CC(=O)OCCCCC(=O)N1CCC[C@H]1C(O)(C1CCC2CCCCC2C1)C1CCC2CCCCC2C1. The molecule has 214 valence electrons. The van der Waals surface area contributed by atoms with Gasteiger partial charge in [0.25, 0.3) is 0 Å². The van der Waals surface area contributed by atoms with E-state index in [0.717, 1.165) is 55.9 Å². The van der Waals surface area contributed by atoms with Crippen molar-refractivity contribution in [1.82, 2.24) is 4.90 Å². The number of carbonyl (C=O) groups excluding carboxylic acids is 2. The minimum absolute atomic E-state index is 0.0242. The fourth-order valence-corrected chi connectivity index (χ4v) is 9.76. The van der Waals surface area contributed by atoms with Crippen LogP contribution in [-0.2, 0) is 14.3 Å². The Balaban J connectivity index is 1.30. The lowest BCUT2D eigenvalue weighted by Crippen LogP contribution is -2.62. The second-order valence-electron chi connectivity index (χ2n) is 13.6. The molecule has 1 heterocycles. The molecule has 0 aromatic heterocycles. The first-order valence-corrected chi connectivity index (χ1v) is 16.3. The van der Waals surface area contributed by atoms with Crippen molar-refractivity contribution in [3.63, 3.8) is 0 Å². The highest BCUT2D eigenvalue weighted by Crippen LogP contribution is 2.55. The van der Waals surface area contributed by atoms with Crippen molar-refractivity contribution in [2.45, 2.75) is 134 Å². The van der Waals surface area contributed by atoms with Gasteiger partial charge in [-0.05, 0) is 99.7 Å². The number of ether oxygens (including phenoxy) is 1. The number of unbranched alkanes of at least 4 members (excludes halogenated alkanes) is 1. The normalized spacial score (nSPS) is 37.0. The first kappa shape index (κ1) is 28.2. The Morgan fingerprint density at radius 1 is 0.789 bits per heavy atom. The molecule has 0 aromatic carbocycles. The smallest absolute Gasteiger partial charge is 0.330 e. The molecule has 7 atom stereocenters. The van der Waals surface area contributed by atoms with Crippen molar-refractivity contribution in [2.24, 2.45) is 35.5 Å². The maximum absolute atomic E-state index is 13.6. The fourth-order valence-electron chi connectivity index (χ4n) is 9.76. The predicted octanol–water partition coefficient (Wildman–Crippen LogP) is 6.82. The lowest BCUT2D eigenvalue weighted by atomic mass is 9.55. The van der Waals surface area contributed by atoms with Gasteiger partial charge in [-0.25, -0.2) is 4.79 Å². The van der Waals surface area contributed by atoms with Crippen molar-refractivity contribution in [3.05, 3.63) is 12.7 Å². The molecule has 6 unspecified atom stereocenters. The van der Waals surface area contributed by atoms with E-state index in [2.05, 4.69) is 11.5 Å². The van der Waals surface area contributed by atoms with Gasteiger partial charge in [0.2, 0.25) is 5.91 Å². The highest BCUT2D eigenvalue weighted by atomic mass is 16.5. The zero-order valence-electron chi connectivity index (χ0n) is 23.8. The van der Waals surface area contributed by atoms with Gasteiger partial charge < -0.3 is 14.7 Å². The molecule has 0 radical (unpaired) electrons. The lowest BCUT2D eigenvalue weighted by Gasteiger charge is -2.55.